The molecular formula is C57H37N5. The van der Waals surface area contributed by atoms with Gasteiger partial charge in [-0.05, 0) is 68.7 Å². The van der Waals surface area contributed by atoms with Crippen molar-refractivity contribution in [2.75, 3.05) is 0 Å². The second-order valence-corrected chi connectivity index (χ2v) is 14.1. The van der Waals surface area contributed by atoms with Gasteiger partial charge in [-0.3, -0.25) is 9.13 Å². The summed E-state index contributed by atoms with van der Waals surface area (Å²) in [6, 6.07) is 16.8. The molecule has 0 aliphatic heterocycles. The van der Waals surface area contributed by atoms with E-state index in [2.05, 4.69) is 0 Å². The highest BCUT2D eigenvalue weighted by atomic mass is 15.3. The Morgan fingerprint density at radius 3 is 1.29 bits per heavy atom. The maximum atomic E-state index is 10.0. The van der Waals surface area contributed by atoms with E-state index in [-0.39, 0.29) is 22.2 Å². The summed E-state index contributed by atoms with van der Waals surface area (Å²) in [6.07, 6.45) is 0. The van der Waals surface area contributed by atoms with Crippen molar-refractivity contribution in [3.8, 4) is 67.8 Å². The average molecular weight is 812 g/mol. The SMILES string of the molecule is [2H]c1c([2H])c([2H])c(-c2c([2H])c([2H])c3c4c([2H])c([2H])c([2H])c([2H])c4n(-c4nc(-c5ccccc5-c5ccccc5-c5ccccc5-c5ccccc5)nc(-n5c6c([2H])c([2H])c([2H])c([2H])c6c6c([2H])c([2H])c([2H])c([2H])c65)n4)c3c2[2H])c([2H])c1[2H]. The molecule has 0 saturated heterocycles. The maximum Gasteiger partial charge on any atom is 0.240 e. The fraction of sp³-hybridized carbons (Fsp3) is 0. The molecule has 0 bridgehead atoms. The van der Waals surface area contributed by atoms with Gasteiger partial charge in [-0.2, -0.15) is 15.0 Å². The number of nitrogens with zero attached hydrogens (tertiary/aromatic N) is 5. The van der Waals surface area contributed by atoms with Crippen LogP contribution in [0.2, 0.25) is 0 Å². The lowest BCUT2D eigenvalue weighted by Gasteiger charge is -2.17. The number of rotatable bonds is 7. The van der Waals surface area contributed by atoms with Gasteiger partial charge in [-0.25, -0.2) is 0 Å². The van der Waals surface area contributed by atoms with E-state index in [1.54, 1.807) is 24.3 Å². The van der Waals surface area contributed by atoms with Crippen LogP contribution in [0.4, 0.5) is 0 Å². The van der Waals surface area contributed by atoms with Gasteiger partial charge in [-0.1, -0.05) is 200 Å². The van der Waals surface area contributed by atoms with Gasteiger partial charge >= 0.3 is 0 Å². The molecule has 3 aromatic heterocycles. The molecule has 5 nitrogen and oxygen atoms in total. The number of aromatic nitrogens is 5. The van der Waals surface area contributed by atoms with Crippen molar-refractivity contribution in [1.82, 2.24) is 24.1 Å². The molecule has 3 heterocycles. The van der Waals surface area contributed by atoms with Crippen molar-refractivity contribution in [2.24, 2.45) is 0 Å². The minimum Gasteiger partial charge on any atom is -0.278 e. The van der Waals surface area contributed by atoms with Crippen molar-refractivity contribution < 1.29 is 27.4 Å². The van der Waals surface area contributed by atoms with E-state index < -0.39 is 177 Å². The minimum atomic E-state index is -0.827. The number of para-hydroxylation sites is 3. The van der Waals surface area contributed by atoms with E-state index >= 15 is 0 Å². The molecule has 62 heavy (non-hydrogen) atoms. The molecule has 290 valence electrons. The Labute approximate surface area is 386 Å². The van der Waals surface area contributed by atoms with Crippen LogP contribution in [0.15, 0.2) is 224 Å². The van der Waals surface area contributed by atoms with Gasteiger partial charge in [-0.15, -0.1) is 0 Å². The van der Waals surface area contributed by atoms with Crippen LogP contribution in [-0.4, -0.2) is 24.1 Å². The standard InChI is InChI=1S/C57H37N5/c1-3-19-38(20-4-1)40-35-36-49-48-30-15-18-34-53(48)62(54(49)37-40)57-59-55(58-56(60-57)61-51-32-16-13-28-46(51)47-29-14-17-33-52(47)61)50-31-12-11-27-45(50)44-26-10-9-25-43(44)42-24-8-7-23-41(42)39-21-5-2-6-22-39/h1-37H/i1D,3D,4D,13D,14D,15D,16D,17D,18D,19D,20D,28D,29D,30D,32D,33D,34D,35D,36D,37D. The Morgan fingerprint density at radius 1 is 0.306 bits per heavy atom. The van der Waals surface area contributed by atoms with Crippen molar-refractivity contribution in [3.63, 3.8) is 0 Å². The van der Waals surface area contributed by atoms with Gasteiger partial charge in [0.15, 0.2) is 5.82 Å². The minimum absolute atomic E-state index is 0.241. The van der Waals surface area contributed by atoms with Gasteiger partial charge in [0.25, 0.3) is 0 Å². The first kappa shape index (κ1) is 20.7. The molecule has 0 N–H and O–H groups in total. The summed E-state index contributed by atoms with van der Waals surface area (Å²) in [5.74, 6) is -1.41. The summed E-state index contributed by atoms with van der Waals surface area (Å²) in [7, 11) is 0. The van der Waals surface area contributed by atoms with E-state index in [4.69, 9.17) is 30.0 Å². The van der Waals surface area contributed by atoms with E-state index in [9.17, 15) is 12.3 Å². The van der Waals surface area contributed by atoms with Crippen LogP contribution < -0.4 is 0 Å². The van der Waals surface area contributed by atoms with Crippen LogP contribution in [-0.2, 0) is 0 Å². The zero-order chi connectivity index (χ0) is 58.4. The van der Waals surface area contributed by atoms with E-state index in [0.29, 0.717) is 11.1 Å². The molecule has 12 rings (SSSR count). The van der Waals surface area contributed by atoms with Gasteiger partial charge in [0, 0.05) is 27.1 Å². The third-order valence-electron chi connectivity index (χ3n) is 10.6. The number of fused-ring (bicyclic) bond motifs is 6. The molecule has 0 spiro atoms. The lowest BCUT2D eigenvalue weighted by molar-refractivity contribution is 0.893. The molecule has 0 atom stereocenters. The first-order valence-electron chi connectivity index (χ1n) is 29.3. The Kier molecular flexibility index (Phi) is 4.91. The molecule has 5 heteroatoms. The molecular weight excluding hydrogens is 755 g/mol. The molecule has 0 amide bonds. The first-order chi connectivity index (χ1) is 39.1. The van der Waals surface area contributed by atoms with Gasteiger partial charge in [0.2, 0.25) is 11.9 Å². The Bertz CT molecular complexity index is 4720. The molecule has 0 fully saturated rings. The van der Waals surface area contributed by atoms with Crippen molar-refractivity contribution in [3.05, 3.63) is 224 Å². The average Bonchev–Trinajstić information content (AvgIpc) is 1.72. The molecule has 0 aliphatic rings. The highest BCUT2D eigenvalue weighted by Gasteiger charge is 2.23. The second-order valence-electron chi connectivity index (χ2n) is 14.1. The number of benzene rings is 9. The molecule has 0 saturated carbocycles. The van der Waals surface area contributed by atoms with E-state index in [0.717, 1.165) is 31.4 Å². The van der Waals surface area contributed by atoms with E-state index in [1.165, 1.54) is 0 Å². The fourth-order valence-electron chi connectivity index (χ4n) is 7.96. The maximum absolute atomic E-state index is 10.0. The zero-order valence-electron chi connectivity index (χ0n) is 52.1. The van der Waals surface area contributed by atoms with E-state index in [1.807, 2.05) is 78.9 Å². The monoisotopic (exact) mass is 811 g/mol. The van der Waals surface area contributed by atoms with Gasteiger partial charge in [0.1, 0.15) is 0 Å². The summed E-state index contributed by atoms with van der Waals surface area (Å²) in [5.41, 5.74) is 1.80. The normalized spacial score (nSPS) is 16.1. The highest BCUT2D eigenvalue weighted by Crippen LogP contribution is 2.42. The van der Waals surface area contributed by atoms with Crippen LogP contribution in [0.3, 0.4) is 0 Å². The summed E-state index contributed by atoms with van der Waals surface area (Å²) in [6.45, 7) is 0. The second kappa shape index (κ2) is 14.7. The van der Waals surface area contributed by atoms with Crippen LogP contribution in [0.1, 0.15) is 27.4 Å². The summed E-state index contributed by atoms with van der Waals surface area (Å²) in [5, 5.41) is -1.46. The fourth-order valence-corrected chi connectivity index (χ4v) is 7.96. The lowest BCUT2D eigenvalue weighted by atomic mass is 9.88. The molecule has 0 radical (unpaired) electrons. The smallest absolute Gasteiger partial charge is 0.240 e. The quantitative estimate of drug-likeness (QED) is 0.161. The van der Waals surface area contributed by atoms with Crippen molar-refractivity contribution in [1.29, 1.82) is 0 Å². The molecule has 0 aliphatic carbocycles. The summed E-state index contributed by atoms with van der Waals surface area (Å²) >= 11 is 0. The molecule has 9 aromatic carbocycles. The van der Waals surface area contributed by atoms with Crippen LogP contribution in [0.25, 0.3) is 111 Å². The highest BCUT2D eigenvalue weighted by molar-refractivity contribution is 6.11. The Balaban J connectivity index is 1.29. The van der Waals surface area contributed by atoms with Crippen LogP contribution >= 0.6 is 0 Å². The number of hydrogen-bond acceptors (Lipinski definition) is 3. The van der Waals surface area contributed by atoms with Crippen LogP contribution in [0.5, 0.6) is 0 Å². The third-order valence-corrected chi connectivity index (χ3v) is 10.6. The topological polar surface area (TPSA) is 48.5 Å². The van der Waals surface area contributed by atoms with Gasteiger partial charge in [0.05, 0.1) is 49.5 Å². The Morgan fingerprint density at radius 2 is 0.726 bits per heavy atom. The summed E-state index contributed by atoms with van der Waals surface area (Å²) in [4.78, 5) is 14.9. The van der Waals surface area contributed by atoms with Crippen molar-refractivity contribution in [2.45, 2.75) is 0 Å². The van der Waals surface area contributed by atoms with Crippen LogP contribution in [0, 0.1) is 0 Å². The largest absolute Gasteiger partial charge is 0.278 e. The molecule has 0 unspecified atom stereocenters. The van der Waals surface area contributed by atoms with Gasteiger partial charge < -0.3 is 0 Å². The first-order valence-corrected chi connectivity index (χ1v) is 19.3. The Hall–Kier alpha value is -8.41. The number of hydrogen-bond donors (Lipinski definition) is 0. The summed E-state index contributed by atoms with van der Waals surface area (Å²) < 4.78 is 183. The third kappa shape index (κ3) is 5.82. The predicted molar refractivity (Wildman–Crippen MR) is 256 cm³/mol. The lowest BCUT2D eigenvalue weighted by Crippen LogP contribution is -2.10. The predicted octanol–water partition coefficient (Wildman–Crippen LogP) is 14.4. The zero-order valence-corrected chi connectivity index (χ0v) is 32.1. The molecule has 12 aromatic rings. The van der Waals surface area contributed by atoms with Crippen molar-refractivity contribution >= 4 is 43.6 Å².